The van der Waals surface area contributed by atoms with E-state index in [1.54, 1.807) is 0 Å². The van der Waals surface area contributed by atoms with Crippen LogP contribution >= 0.6 is 12.4 Å². The highest BCUT2D eigenvalue weighted by atomic mass is 35.5. The third-order valence-corrected chi connectivity index (χ3v) is 5.52. The standard InChI is InChI=1S/C24H25N5O.ClH/c25-14-19-6-8-21(9-7-19)17-29-18-26-15-22(29)10-12-27-23-11-13-28(24(23)30)16-20-4-2-1-3-5-20;/h1-9,15,18,23,27H,10-13,16-17H2;1H/t23-;/m1./s1. The first kappa shape index (κ1) is 22.5. The Labute approximate surface area is 188 Å². The molecule has 2 heterocycles. The van der Waals surface area contributed by atoms with Crippen molar-refractivity contribution in [3.63, 3.8) is 0 Å². The summed E-state index contributed by atoms with van der Waals surface area (Å²) in [7, 11) is 0. The molecule has 4 rings (SSSR count). The molecule has 3 aromatic rings. The number of imidazole rings is 1. The van der Waals surface area contributed by atoms with Gasteiger partial charge < -0.3 is 14.8 Å². The summed E-state index contributed by atoms with van der Waals surface area (Å²) >= 11 is 0. The van der Waals surface area contributed by atoms with Gasteiger partial charge in [-0.15, -0.1) is 12.4 Å². The largest absolute Gasteiger partial charge is 0.337 e. The summed E-state index contributed by atoms with van der Waals surface area (Å²) in [5.74, 6) is 0.185. The number of halogens is 1. The van der Waals surface area contributed by atoms with Crippen LogP contribution in [0.4, 0.5) is 0 Å². The number of hydrogen-bond acceptors (Lipinski definition) is 4. The van der Waals surface area contributed by atoms with Gasteiger partial charge in [-0.25, -0.2) is 4.98 Å². The number of benzene rings is 2. The van der Waals surface area contributed by atoms with Crippen molar-refractivity contribution in [2.24, 2.45) is 0 Å². The fourth-order valence-corrected chi connectivity index (χ4v) is 3.84. The van der Waals surface area contributed by atoms with E-state index < -0.39 is 0 Å². The molecule has 1 aliphatic rings. The molecule has 0 radical (unpaired) electrons. The molecule has 1 fully saturated rings. The van der Waals surface area contributed by atoms with E-state index in [4.69, 9.17) is 5.26 Å². The van der Waals surface area contributed by atoms with Gasteiger partial charge in [0.05, 0.1) is 24.0 Å². The topological polar surface area (TPSA) is 74.0 Å². The second-order valence-corrected chi connectivity index (χ2v) is 7.61. The van der Waals surface area contributed by atoms with E-state index in [2.05, 4.69) is 33.1 Å². The Morgan fingerprint density at radius 2 is 1.81 bits per heavy atom. The van der Waals surface area contributed by atoms with Crippen LogP contribution in [0.1, 0.15) is 28.8 Å². The maximum Gasteiger partial charge on any atom is 0.240 e. The number of rotatable bonds is 8. The van der Waals surface area contributed by atoms with Crippen LogP contribution in [0.5, 0.6) is 0 Å². The molecule has 0 spiro atoms. The van der Waals surface area contributed by atoms with E-state index in [0.29, 0.717) is 18.7 Å². The second kappa shape index (κ2) is 10.8. The normalized spacial score (nSPS) is 15.5. The van der Waals surface area contributed by atoms with E-state index in [1.807, 2.05) is 59.9 Å². The van der Waals surface area contributed by atoms with E-state index in [-0.39, 0.29) is 24.4 Å². The number of nitriles is 1. The monoisotopic (exact) mass is 435 g/mol. The molecule has 31 heavy (non-hydrogen) atoms. The van der Waals surface area contributed by atoms with Gasteiger partial charge in [-0.05, 0) is 29.7 Å². The molecule has 7 heteroatoms. The van der Waals surface area contributed by atoms with Crippen molar-refractivity contribution >= 4 is 18.3 Å². The molecule has 0 aliphatic carbocycles. The number of likely N-dealkylation sites (tertiary alicyclic amines) is 1. The molecule has 0 bridgehead atoms. The van der Waals surface area contributed by atoms with Gasteiger partial charge in [0.2, 0.25) is 5.91 Å². The average molecular weight is 436 g/mol. The molecule has 6 nitrogen and oxygen atoms in total. The number of nitrogens with one attached hydrogen (secondary N) is 1. The summed E-state index contributed by atoms with van der Waals surface area (Å²) < 4.78 is 2.11. The molecule has 1 N–H and O–H groups in total. The summed E-state index contributed by atoms with van der Waals surface area (Å²) in [5.41, 5.74) is 4.08. The van der Waals surface area contributed by atoms with E-state index in [0.717, 1.165) is 37.2 Å². The molecular weight excluding hydrogens is 410 g/mol. The number of carbonyl (C=O) groups excluding carboxylic acids is 1. The van der Waals surface area contributed by atoms with Crippen molar-refractivity contribution in [3.05, 3.63) is 89.5 Å². The minimum absolute atomic E-state index is 0. The van der Waals surface area contributed by atoms with Crippen LogP contribution in [-0.2, 0) is 24.3 Å². The van der Waals surface area contributed by atoms with E-state index >= 15 is 0 Å². The zero-order valence-electron chi connectivity index (χ0n) is 17.3. The zero-order valence-corrected chi connectivity index (χ0v) is 18.1. The number of hydrogen-bond donors (Lipinski definition) is 1. The van der Waals surface area contributed by atoms with Crippen LogP contribution in [0.15, 0.2) is 67.1 Å². The van der Waals surface area contributed by atoms with E-state index in [9.17, 15) is 4.79 Å². The van der Waals surface area contributed by atoms with Crippen molar-refractivity contribution < 1.29 is 4.79 Å². The molecule has 2 aromatic carbocycles. The predicted molar refractivity (Wildman–Crippen MR) is 122 cm³/mol. The van der Waals surface area contributed by atoms with E-state index in [1.165, 1.54) is 5.56 Å². The number of nitrogens with zero attached hydrogens (tertiary/aromatic N) is 4. The summed E-state index contributed by atoms with van der Waals surface area (Å²) in [6.45, 7) is 2.92. The lowest BCUT2D eigenvalue weighted by molar-refractivity contribution is -0.129. The van der Waals surface area contributed by atoms with Crippen molar-refractivity contribution in [3.8, 4) is 6.07 Å². The molecule has 0 unspecified atom stereocenters. The lowest BCUT2D eigenvalue weighted by Crippen LogP contribution is -2.39. The Bertz CT molecular complexity index is 1030. The van der Waals surface area contributed by atoms with Crippen molar-refractivity contribution in [2.45, 2.75) is 32.0 Å². The second-order valence-electron chi connectivity index (χ2n) is 7.61. The molecule has 1 aromatic heterocycles. The lowest BCUT2D eigenvalue weighted by Gasteiger charge is -2.17. The van der Waals surface area contributed by atoms with Gasteiger partial charge in [0, 0.05) is 44.5 Å². The molecule has 1 saturated heterocycles. The number of carbonyl (C=O) groups is 1. The summed E-state index contributed by atoms with van der Waals surface area (Å²) in [6.07, 6.45) is 5.36. The maximum atomic E-state index is 12.7. The van der Waals surface area contributed by atoms with Gasteiger partial charge in [0.1, 0.15) is 0 Å². The van der Waals surface area contributed by atoms with Crippen molar-refractivity contribution in [1.29, 1.82) is 5.26 Å². The fraction of sp³-hybridized carbons (Fsp3) is 0.292. The van der Waals surface area contributed by atoms with Gasteiger partial charge in [0.15, 0.2) is 0 Å². The van der Waals surface area contributed by atoms with Crippen molar-refractivity contribution in [1.82, 2.24) is 19.8 Å². The minimum Gasteiger partial charge on any atom is -0.337 e. The summed E-state index contributed by atoms with van der Waals surface area (Å²) in [4.78, 5) is 18.9. The zero-order chi connectivity index (χ0) is 20.8. The van der Waals surface area contributed by atoms with Gasteiger partial charge in [-0.3, -0.25) is 4.79 Å². The quantitative estimate of drug-likeness (QED) is 0.589. The lowest BCUT2D eigenvalue weighted by atomic mass is 10.1. The van der Waals surface area contributed by atoms with Crippen LogP contribution in [0.3, 0.4) is 0 Å². The Balaban J connectivity index is 0.00000272. The molecule has 0 saturated carbocycles. The first-order valence-electron chi connectivity index (χ1n) is 10.3. The molecule has 1 amide bonds. The minimum atomic E-state index is -0.108. The molecular formula is C24H26ClN5O. The third-order valence-electron chi connectivity index (χ3n) is 5.52. The fourth-order valence-electron chi connectivity index (χ4n) is 3.84. The maximum absolute atomic E-state index is 12.7. The van der Waals surface area contributed by atoms with Crippen LogP contribution in [0, 0.1) is 11.3 Å². The van der Waals surface area contributed by atoms with Crippen molar-refractivity contribution in [2.75, 3.05) is 13.1 Å². The molecule has 160 valence electrons. The highest BCUT2D eigenvalue weighted by Gasteiger charge is 2.30. The first-order valence-corrected chi connectivity index (χ1v) is 10.3. The number of amides is 1. The third kappa shape index (κ3) is 5.72. The summed E-state index contributed by atoms with van der Waals surface area (Å²) in [5, 5.41) is 12.3. The SMILES string of the molecule is Cl.N#Cc1ccc(Cn2cncc2CCN[C@@H]2CCN(Cc3ccccc3)C2=O)cc1. The summed E-state index contributed by atoms with van der Waals surface area (Å²) in [6, 6.07) is 19.8. The highest BCUT2D eigenvalue weighted by molar-refractivity contribution is 5.85. The molecule has 1 aliphatic heterocycles. The molecule has 1 atom stereocenters. The Morgan fingerprint density at radius 1 is 1.06 bits per heavy atom. The highest BCUT2D eigenvalue weighted by Crippen LogP contribution is 2.15. The average Bonchev–Trinajstić information content (AvgIpc) is 3.36. The Morgan fingerprint density at radius 3 is 2.55 bits per heavy atom. The van der Waals surface area contributed by atoms with Gasteiger partial charge in [0.25, 0.3) is 0 Å². The van der Waals surface area contributed by atoms with Crippen LogP contribution in [-0.4, -0.2) is 39.5 Å². The van der Waals surface area contributed by atoms with Crippen LogP contribution in [0.25, 0.3) is 0 Å². The van der Waals surface area contributed by atoms with Crippen LogP contribution < -0.4 is 5.32 Å². The van der Waals surface area contributed by atoms with Gasteiger partial charge in [-0.1, -0.05) is 42.5 Å². The van der Waals surface area contributed by atoms with Gasteiger partial charge in [-0.2, -0.15) is 5.26 Å². The Kier molecular flexibility index (Phi) is 7.82. The smallest absolute Gasteiger partial charge is 0.240 e. The van der Waals surface area contributed by atoms with Gasteiger partial charge >= 0.3 is 0 Å². The van der Waals surface area contributed by atoms with Crippen LogP contribution in [0.2, 0.25) is 0 Å². The first-order chi connectivity index (χ1) is 14.7. The number of aromatic nitrogens is 2. The predicted octanol–water partition coefficient (Wildman–Crippen LogP) is 3.16. The Hall–Kier alpha value is -3.14.